The molecule has 21 heavy (non-hydrogen) atoms. The standard InChI is InChI=1S/C18H26BrNO/c1-17(2)8-10-18(21,11-9-17)12-20-16-7-6-13-14(16)4-3-5-15(13)19/h3-5,16,20-21H,6-12H2,1-2H3. The zero-order chi connectivity index (χ0) is 15.1. The molecule has 0 aromatic heterocycles. The second-order valence-corrected chi connectivity index (χ2v) is 8.52. The van der Waals surface area contributed by atoms with E-state index < -0.39 is 5.60 Å². The van der Waals surface area contributed by atoms with Gasteiger partial charge < -0.3 is 10.4 Å². The van der Waals surface area contributed by atoms with Gasteiger partial charge in [0.15, 0.2) is 0 Å². The zero-order valence-corrected chi connectivity index (χ0v) is 14.7. The van der Waals surface area contributed by atoms with Crippen LogP contribution in [0.25, 0.3) is 0 Å². The van der Waals surface area contributed by atoms with Gasteiger partial charge in [0.2, 0.25) is 0 Å². The lowest BCUT2D eigenvalue weighted by molar-refractivity contribution is -0.0261. The predicted octanol–water partition coefficient (Wildman–Crippen LogP) is 4.36. The zero-order valence-electron chi connectivity index (χ0n) is 13.1. The average molecular weight is 352 g/mol. The summed E-state index contributed by atoms with van der Waals surface area (Å²) in [5, 5.41) is 14.4. The van der Waals surface area contributed by atoms with E-state index in [1.54, 1.807) is 0 Å². The molecule has 1 aromatic rings. The van der Waals surface area contributed by atoms with E-state index in [1.165, 1.54) is 15.6 Å². The van der Waals surface area contributed by atoms with Crippen LogP contribution in [0.5, 0.6) is 0 Å². The van der Waals surface area contributed by atoms with Gasteiger partial charge in [-0.1, -0.05) is 41.9 Å². The molecule has 0 bridgehead atoms. The fourth-order valence-electron chi connectivity index (χ4n) is 3.70. The molecule has 2 nitrogen and oxygen atoms in total. The first-order chi connectivity index (χ1) is 9.89. The summed E-state index contributed by atoms with van der Waals surface area (Å²) in [7, 11) is 0. The molecular formula is C18H26BrNO. The molecule has 2 aliphatic carbocycles. The first-order valence-corrected chi connectivity index (χ1v) is 8.91. The molecule has 2 N–H and O–H groups in total. The Labute approximate surface area is 136 Å². The van der Waals surface area contributed by atoms with Crippen LogP contribution in [0, 0.1) is 5.41 Å². The Bertz CT molecular complexity index is 516. The Morgan fingerprint density at radius 1 is 1.24 bits per heavy atom. The third-order valence-corrected chi connectivity index (χ3v) is 6.17. The Hall–Kier alpha value is -0.380. The molecule has 0 spiro atoms. The van der Waals surface area contributed by atoms with Gasteiger partial charge in [0.25, 0.3) is 0 Å². The van der Waals surface area contributed by atoms with Crippen molar-refractivity contribution in [2.75, 3.05) is 6.54 Å². The highest BCUT2D eigenvalue weighted by Crippen LogP contribution is 2.41. The van der Waals surface area contributed by atoms with Crippen molar-refractivity contribution in [3.05, 3.63) is 33.8 Å². The highest BCUT2D eigenvalue weighted by molar-refractivity contribution is 9.10. The number of hydrogen-bond acceptors (Lipinski definition) is 2. The molecular weight excluding hydrogens is 326 g/mol. The summed E-state index contributed by atoms with van der Waals surface area (Å²) in [5.74, 6) is 0. The number of aliphatic hydroxyl groups is 1. The van der Waals surface area contributed by atoms with Crippen LogP contribution in [0.1, 0.15) is 63.1 Å². The molecule has 3 heteroatoms. The summed E-state index contributed by atoms with van der Waals surface area (Å²) in [5.41, 5.74) is 2.73. The lowest BCUT2D eigenvalue weighted by Crippen LogP contribution is -2.45. The lowest BCUT2D eigenvalue weighted by Gasteiger charge is -2.40. The van der Waals surface area contributed by atoms with E-state index in [0.717, 1.165) is 45.1 Å². The number of nitrogens with one attached hydrogen (secondary N) is 1. The maximum atomic E-state index is 10.8. The molecule has 2 aliphatic rings. The summed E-state index contributed by atoms with van der Waals surface area (Å²) < 4.78 is 1.22. The molecule has 1 fully saturated rings. The Balaban J connectivity index is 1.61. The minimum atomic E-state index is -0.510. The largest absolute Gasteiger partial charge is 0.389 e. The van der Waals surface area contributed by atoms with Gasteiger partial charge in [-0.25, -0.2) is 0 Å². The summed E-state index contributed by atoms with van der Waals surface area (Å²) in [6, 6.07) is 6.86. The van der Waals surface area contributed by atoms with Gasteiger partial charge in [-0.05, 0) is 61.1 Å². The van der Waals surface area contributed by atoms with Crippen LogP contribution in [-0.2, 0) is 6.42 Å². The number of hydrogen-bond donors (Lipinski definition) is 2. The molecule has 1 aromatic carbocycles. The van der Waals surface area contributed by atoms with E-state index in [2.05, 4.69) is 53.3 Å². The minimum absolute atomic E-state index is 0.400. The van der Waals surface area contributed by atoms with Gasteiger partial charge in [-0.15, -0.1) is 0 Å². The monoisotopic (exact) mass is 351 g/mol. The van der Waals surface area contributed by atoms with Gasteiger partial charge >= 0.3 is 0 Å². The summed E-state index contributed by atoms with van der Waals surface area (Å²) >= 11 is 3.65. The molecule has 0 heterocycles. The number of rotatable bonds is 3. The van der Waals surface area contributed by atoms with Crippen LogP contribution in [0.4, 0.5) is 0 Å². The van der Waals surface area contributed by atoms with Crippen molar-refractivity contribution in [1.29, 1.82) is 0 Å². The van der Waals surface area contributed by atoms with Crippen molar-refractivity contribution in [1.82, 2.24) is 5.32 Å². The maximum Gasteiger partial charge on any atom is 0.0772 e. The SMILES string of the molecule is CC1(C)CCC(O)(CNC2CCc3c(Br)cccc32)CC1. The first kappa shape index (κ1) is 15.5. The lowest BCUT2D eigenvalue weighted by atomic mass is 9.71. The van der Waals surface area contributed by atoms with Crippen molar-refractivity contribution < 1.29 is 5.11 Å². The number of halogens is 1. The molecule has 116 valence electrons. The number of fused-ring (bicyclic) bond motifs is 1. The molecule has 0 amide bonds. The first-order valence-electron chi connectivity index (χ1n) is 8.12. The van der Waals surface area contributed by atoms with Crippen molar-refractivity contribution >= 4 is 15.9 Å². The molecule has 1 unspecified atom stereocenters. The second-order valence-electron chi connectivity index (χ2n) is 7.67. The fraction of sp³-hybridized carbons (Fsp3) is 0.667. The third kappa shape index (κ3) is 3.35. The molecule has 1 atom stereocenters. The quantitative estimate of drug-likeness (QED) is 0.847. The van der Waals surface area contributed by atoms with Gasteiger partial charge in [-0.2, -0.15) is 0 Å². The van der Waals surface area contributed by atoms with Gasteiger partial charge in [-0.3, -0.25) is 0 Å². The van der Waals surface area contributed by atoms with Crippen LogP contribution in [0.3, 0.4) is 0 Å². The van der Waals surface area contributed by atoms with E-state index >= 15 is 0 Å². The second kappa shape index (κ2) is 5.68. The summed E-state index contributed by atoms with van der Waals surface area (Å²) in [4.78, 5) is 0. The van der Waals surface area contributed by atoms with Gasteiger partial charge in [0.05, 0.1) is 5.60 Å². The highest BCUT2D eigenvalue weighted by atomic mass is 79.9. The molecule has 0 aliphatic heterocycles. The highest BCUT2D eigenvalue weighted by Gasteiger charge is 2.37. The topological polar surface area (TPSA) is 32.3 Å². The van der Waals surface area contributed by atoms with Crippen molar-refractivity contribution in [2.45, 2.75) is 64.0 Å². The minimum Gasteiger partial charge on any atom is -0.389 e. The molecule has 0 radical (unpaired) electrons. The van der Waals surface area contributed by atoms with Crippen LogP contribution < -0.4 is 5.32 Å². The van der Waals surface area contributed by atoms with Crippen molar-refractivity contribution in [3.8, 4) is 0 Å². The van der Waals surface area contributed by atoms with E-state index in [1.807, 2.05) is 0 Å². The molecule has 0 saturated heterocycles. The fourth-order valence-corrected chi connectivity index (χ4v) is 4.28. The van der Waals surface area contributed by atoms with Gasteiger partial charge in [0.1, 0.15) is 0 Å². The summed E-state index contributed by atoms with van der Waals surface area (Å²) in [6.07, 6.45) is 6.35. The number of benzene rings is 1. The Morgan fingerprint density at radius 3 is 2.67 bits per heavy atom. The van der Waals surface area contributed by atoms with E-state index in [-0.39, 0.29) is 0 Å². The predicted molar refractivity (Wildman–Crippen MR) is 90.4 cm³/mol. The van der Waals surface area contributed by atoms with Crippen LogP contribution in [-0.4, -0.2) is 17.3 Å². The molecule has 3 rings (SSSR count). The molecule has 1 saturated carbocycles. The van der Waals surface area contributed by atoms with Crippen molar-refractivity contribution in [2.24, 2.45) is 5.41 Å². The smallest absolute Gasteiger partial charge is 0.0772 e. The van der Waals surface area contributed by atoms with E-state index in [9.17, 15) is 5.11 Å². The average Bonchev–Trinajstić information content (AvgIpc) is 2.86. The van der Waals surface area contributed by atoms with Crippen LogP contribution in [0.2, 0.25) is 0 Å². The maximum absolute atomic E-state index is 10.8. The van der Waals surface area contributed by atoms with Gasteiger partial charge in [0, 0.05) is 17.1 Å². The third-order valence-electron chi connectivity index (χ3n) is 5.43. The van der Waals surface area contributed by atoms with Crippen molar-refractivity contribution in [3.63, 3.8) is 0 Å². The Kier molecular flexibility index (Phi) is 4.19. The normalized spacial score (nSPS) is 26.6. The van der Waals surface area contributed by atoms with Crippen LogP contribution in [0.15, 0.2) is 22.7 Å². The Morgan fingerprint density at radius 2 is 1.95 bits per heavy atom. The summed E-state index contributed by atoms with van der Waals surface area (Å²) in [6.45, 7) is 5.34. The van der Waals surface area contributed by atoms with E-state index in [0.29, 0.717) is 11.5 Å². The van der Waals surface area contributed by atoms with Crippen LogP contribution >= 0.6 is 15.9 Å². The van der Waals surface area contributed by atoms with E-state index in [4.69, 9.17) is 0 Å².